The van der Waals surface area contributed by atoms with Crippen molar-refractivity contribution >= 4 is 18.3 Å². The molecule has 0 spiro atoms. The number of carbonyl (C=O) groups is 1. The standard InChI is InChI=1S/C16H24N2O2.ClH/c1-12(17)10-16(20)18-9-5-8-14(18)11-15(19)13-6-3-2-4-7-13;/h2-4,6-7,12,14-15,19H,5,8-11,17H2,1H3;1H. The molecule has 0 saturated carbocycles. The van der Waals surface area contributed by atoms with Gasteiger partial charge in [-0.3, -0.25) is 4.79 Å². The van der Waals surface area contributed by atoms with E-state index in [-0.39, 0.29) is 30.4 Å². The Morgan fingerprint density at radius 2 is 2.10 bits per heavy atom. The summed E-state index contributed by atoms with van der Waals surface area (Å²) in [5.74, 6) is 0.114. The molecule has 4 nitrogen and oxygen atoms in total. The van der Waals surface area contributed by atoms with E-state index in [2.05, 4.69) is 0 Å². The van der Waals surface area contributed by atoms with Crippen molar-refractivity contribution in [2.45, 2.75) is 50.8 Å². The molecule has 0 aliphatic carbocycles. The van der Waals surface area contributed by atoms with Crippen LogP contribution in [0.4, 0.5) is 0 Å². The number of amides is 1. The van der Waals surface area contributed by atoms with Crippen LogP contribution < -0.4 is 5.73 Å². The lowest BCUT2D eigenvalue weighted by atomic mass is 10.0. The molecule has 3 atom stereocenters. The number of nitrogens with zero attached hydrogens (tertiary/aromatic N) is 1. The average molecular weight is 313 g/mol. The first kappa shape index (κ1) is 18.0. The van der Waals surface area contributed by atoms with Gasteiger partial charge >= 0.3 is 0 Å². The molecule has 3 N–H and O–H groups in total. The van der Waals surface area contributed by atoms with E-state index in [4.69, 9.17) is 5.73 Å². The summed E-state index contributed by atoms with van der Waals surface area (Å²) in [5, 5.41) is 10.3. The van der Waals surface area contributed by atoms with Crippen molar-refractivity contribution in [2.24, 2.45) is 5.73 Å². The normalized spacial score (nSPS) is 20.7. The van der Waals surface area contributed by atoms with E-state index in [1.165, 1.54) is 0 Å². The largest absolute Gasteiger partial charge is 0.388 e. The van der Waals surface area contributed by atoms with Gasteiger partial charge in [0, 0.05) is 25.0 Å². The molecule has 5 heteroatoms. The molecule has 3 unspecified atom stereocenters. The summed E-state index contributed by atoms with van der Waals surface area (Å²) in [4.78, 5) is 14.0. The topological polar surface area (TPSA) is 66.6 Å². The van der Waals surface area contributed by atoms with Crippen LogP contribution in [0.3, 0.4) is 0 Å². The Kier molecular flexibility index (Phi) is 7.15. The van der Waals surface area contributed by atoms with Crippen molar-refractivity contribution in [3.8, 4) is 0 Å². The minimum Gasteiger partial charge on any atom is -0.388 e. The Labute approximate surface area is 132 Å². The van der Waals surface area contributed by atoms with Gasteiger partial charge in [-0.25, -0.2) is 0 Å². The maximum Gasteiger partial charge on any atom is 0.224 e. The Balaban J connectivity index is 0.00000220. The van der Waals surface area contributed by atoms with Crippen molar-refractivity contribution in [1.82, 2.24) is 4.90 Å². The highest BCUT2D eigenvalue weighted by Crippen LogP contribution is 2.27. The fourth-order valence-corrected chi connectivity index (χ4v) is 2.87. The van der Waals surface area contributed by atoms with Crippen molar-refractivity contribution < 1.29 is 9.90 Å². The maximum absolute atomic E-state index is 12.1. The SMILES string of the molecule is CC(N)CC(=O)N1CCCC1CC(O)c1ccccc1.Cl. The lowest BCUT2D eigenvalue weighted by Crippen LogP contribution is -2.39. The zero-order valence-corrected chi connectivity index (χ0v) is 13.3. The summed E-state index contributed by atoms with van der Waals surface area (Å²) in [6, 6.07) is 9.66. The van der Waals surface area contributed by atoms with Crippen LogP contribution in [0.15, 0.2) is 30.3 Å². The quantitative estimate of drug-likeness (QED) is 0.876. The Morgan fingerprint density at radius 3 is 2.71 bits per heavy atom. The number of likely N-dealkylation sites (tertiary alicyclic amines) is 1. The number of halogens is 1. The summed E-state index contributed by atoms with van der Waals surface area (Å²) >= 11 is 0. The molecule has 1 aliphatic heterocycles. The van der Waals surface area contributed by atoms with E-state index in [0.717, 1.165) is 24.9 Å². The first-order chi connectivity index (χ1) is 9.58. The van der Waals surface area contributed by atoms with E-state index in [0.29, 0.717) is 12.8 Å². The zero-order chi connectivity index (χ0) is 14.5. The Morgan fingerprint density at radius 1 is 1.43 bits per heavy atom. The van der Waals surface area contributed by atoms with Gasteiger partial charge in [-0.05, 0) is 31.7 Å². The minimum absolute atomic E-state index is 0. The van der Waals surface area contributed by atoms with Crippen LogP contribution in [-0.2, 0) is 4.79 Å². The van der Waals surface area contributed by atoms with Crippen molar-refractivity contribution in [3.63, 3.8) is 0 Å². The van der Waals surface area contributed by atoms with E-state index in [1.807, 2.05) is 42.2 Å². The van der Waals surface area contributed by atoms with Crippen LogP contribution in [-0.4, -0.2) is 34.5 Å². The van der Waals surface area contributed by atoms with Crippen LogP contribution in [0.5, 0.6) is 0 Å². The second-order valence-electron chi connectivity index (χ2n) is 5.73. The Hall–Kier alpha value is -1.10. The second kappa shape index (κ2) is 8.37. The minimum atomic E-state index is -0.509. The molecule has 1 amide bonds. The third-order valence-electron chi connectivity index (χ3n) is 3.87. The van der Waals surface area contributed by atoms with Crippen molar-refractivity contribution in [2.75, 3.05) is 6.54 Å². The molecule has 118 valence electrons. The van der Waals surface area contributed by atoms with E-state index >= 15 is 0 Å². The van der Waals surface area contributed by atoms with Crippen molar-refractivity contribution in [1.29, 1.82) is 0 Å². The number of hydrogen-bond donors (Lipinski definition) is 2. The van der Waals surface area contributed by atoms with Crippen molar-refractivity contribution in [3.05, 3.63) is 35.9 Å². The van der Waals surface area contributed by atoms with Gasteiger partial charge in [0.05, 0.1) is 6.10 Å². The predicted octanol–water partition coefficient (Wildman–Crippen LogP) is 2.26. The molecule has 2 rings (SSSR count). The molecule has 1 saturated heterocycles. The first-order valence-corrected chi connectivity index (χ1v) is 7.36. The number of benzene rings is 1. The van der Waals surface area contributed by atoms with E-state index in [9.17, 15) is 9.90 Å². The van der Waals surface area contributed by atoms with E-state index < -0.39 is 6.10 Å². The van der Waals surface area contributed by atoms with Crippen LogP contribution in [0, 0.1) is 0 Å². The van der Waals surface area contributed by atoms with Gasteiger partial charge in [-0.1, -0.05) is 30.3 Å². The number of carbonyl (C=O) groups excluding carboxylic acids is 1. The van der Waals surface area contributed by atoms with Crippen LogP contribution in [0.1, 0.15) is 44.3 Å². The average Bonchev–Trinajstić information content (AvgIpc) is 2.87. The number of nitrogens with two attached hydrogens (primary N) is 1. The van der Waals surface area contributed by atoms with Crippen LogP contribution in [0.25, 0.3) is 0 Å². The van der Waals surface area contributed by atoms with Gasteiger partial charge in [-0.2, -0.15) is 0 Å². The zero-order valence-electron chi connectivity index (χ0n) is 12.4. The number of hydrogen-bond acceptors (Lipinski definition) is 3. The summed E-state index contributed by atoms with van der Waals surface area (Å²) < 4.78 is 0. The number of rotatable bonds is 5. The monoisotopic (exact) mass is 312 g/mol. The van der Waals surface area contributed by atoms with Gasteiger partial charge < -0.3 is 15.7 Å². The predicted molar refractivity (Wildman–Crippen MR) is 86.3 cm³/mol. The molecule has 0 aromatic heterocycles. The highest BCUT2D eigenvalue weighted by molar-refractivity contribution is 5.85. The molecule has 1 aliphatic rings. The van der Waals surface area contributed by atoms with Gasteiger partial charge in [0.15, 0.2) is 0 Å². The van der Waals surface area contributed by atoms with Gasteiger partial charge in [0.2, 0.25) is 5.91 Å². The lowest BCUT2D eigenvalue weighted by molar-refractivity contribution is -0.132. The molecule has 0 bridgehead atoms. The first-order valence-electron chi connectivity index (χ1n) is 7.36. The second-order valence-corrected chi connectivity index (χ2v) is 5.73. The van der Waals surface area contributed by atoms with Crippen LogP contribution in [0.2, 0.25) is 0 Å². The van der Waals surface area contributed by atoms with Gasteiger partial charge in [0.1, 0.15) is 0 Å². The highest BCUT2D eigenvalue weighted by atomic mass is 35.5. The molecule has 1 fully saturated rings. The fraction of sp³-hybridized carbons (Fsp3) is 0.562. The van der Waals surface area contributed by atoms with Gasteiger partial charge in [-0.15, -0.1) is 12.4 Å². The third kappa shape index (κ3) is 4.99. The maximum atomic E-state index is 12.1. The molecule has 1 heterocycles. The van der Waals surface area contributed by atoms with Crippen LogP contribution >= 0.6 is 12.4 Å². The molecule has 21 heavy (non-hydrogen) atoms. The lowest BCUT2D eigenvalue weighted by Gasteiger charge is -2.27. The number of aliphatic hydroxyl groups excluding tert-OH is 1. The van der Waals surface area contributed by atoms with Gasteiger partial charge in [0.25, 0.3) is 0 Å². The Bertz CT molecular complexity index is 439. The van der Waals surface area contributed by atoms with E-state index in [1.54, 1.807) is 0 Å². The smallest absolute Gasteiger partial charge is 0.224 e. The molecule has 0 radical (unpaired) electrons. The summed E-state index contributed by atoms with van der Waals surface area (Å²) in [7, 11) is 0. The fourth-order valence-electron chi connectivity index (χ4n) is 2.87. The summed E-state index contributed by atoms with van der Waals surface area (Å²) in [6.45, 7) is 2.64. The molecular weight excluding hydrogens is 288 g/mol. The molecule has 1 aromatic rings. The molecule has 1 aromatic carbocycles. The summed E-state index contributed by atoms with van der Waals surface area (Å²) in [5.41, 5.74) is 6.62. The number of aliphatic hydroxyl groups is 1. The summed E-state index contributed by atoms with van der Waals surface area (Å²) in [6.07, 6.45) is 2.46. The molecular formula is C16H25ClN2O2. The highest BCUT2D eigenvalue weighted by Gasteiger charge is 2.30. The third-order valence-corrected chi connectivity index (χ3v) is 3.87.